The Kier molecular flexibility index (Phi) is 4.73. The molecule has 3 aromatic rings. The molecule has 0 aliphatic rings. The SMILES string of the molecule is CCCC(=O)Oc1[nH]c(-c2ccc(Cl)s2)nc1-c1cccnc1. The van der Waals surface area contributed by atoms with Crippen molar-refractivity contribution in [2.24, 2.45) is 0 Å². The van der Waals surface area contributed by atoms with Crippen LogP contribution in [0.25, 0.3) is 22.0 Å². The van der Waals surface area contributed by atoms with E-state index in [2.05, 4.69) is 15.0 Å². The number of hydrogen-bond acceptors (Lipinski definition) is 5. The molecule has 0 saturated heterocycles. The summed E-state index contributed by atoms with van der Waals surface area (Å²) in [5.41, 5.74) is 1.33. The summed E-state index contributed by atoms with van der Waals surface area (Å²) >= 11 is 7.38. The third-order valence-corrected chi connectivity index (χ3v) is 4.32. The first-order valence-electron chi connectivity index (χ1n) is 7.14. The summed E-state index contributed by atoms with van der Waals surface area (Å²) in [5.74, 6) is 0.646. The zero-order valence-corrected chi connectivity index (χ0v) is 13.9. The van der Waals surface area contributed by atoms with Crippen LogP contribution >= 0.6 is 22.9 Å². The van der Waals surface area contributed by atoms with Gasteiger partial charge in [0.05, 0.1) is 9.21 Å². The second kappa shape index (κ2) is 6.93. The lowest BCUT2D eigenvalue weighted by Gasteiger charge is -2.03. The molecule has 0 aromatic carbocycles. The van der Waals surface area contributed by atoms with Gasteiger partial charge in [0.1, 0.15) is 5.69 Å². The molecule has 5 nitrogen and oxygen atoms in total. The molecule has 0 bridgehead atoms. The van der Waals surface area contributed by atoms with E-state index in [9.17, 15) is 4.79 Å². The van der Waals surface area contributed by atoms with Crippen molar-refractivity contribution in [1.29, 1.82) is 0 Å². The van der Waals surface area contributed by atoms with Crippen LogP contribution in [0.2, 0.25) is 4.34 Å². The van der Waals surface area contributed by atoms with E-state index in [0.717, 1.165) is 16.9 Å². The highest BCUT2D eigenvalue weighted by atomic mass is 35.5. The highest BCUT2D eigenvalue weighted by Gasteiger charge is 2.18. The van der Waals surface area contributed by atoms with Crippen molar-refractivity contribution in [1.82, 2.24) is 15.0 Å². The fraction of sp³-hybridized carbons (Fsp3) is 0.188. The second-order valence-electron chi connectivity index (χ2n) is 4.83. The Morgan fingerprint density at radius 3 is 2.91 bits per heavy atom. The van der Waals surface area contributed by atoms with Gasteiger partial charge >= 0.3 is 5.97 Å². The Bertz CT molecular complexity index is 814. The summed E-state index contributed by atoms with van der Waals surface area (Å²) in [7, 11) is 0. The highest BCUT2D eigenvalue weighted by molar-refractivity contribution is 7.19. The molecule has 3 rings (SSSR count). The van der Waals surface area contributed by atoms with Crippen molar-refractivity contribution < 1.29 is 9.53 Å². The highest BCUT2D eigenvalue weighted by Crippen LogP contribution is 2.35. The molecule has 0 radical (unpaired) electrons. The summed E-state index contributed by atoms with van der Waals surface area (Å²) in [5, 5.41) is 0. The number of esters is 1. The summed E-state index contributed by atoms with van der Waals surface area (Å²) in [6.07, 6.45) is 4.44. The molecule has 0 spiro atoms. The molecule has 3 aromatic heterocycles. The number of aromatic amines is 1. The first kappa shape index (κ1) is 15.7. The van der Waals surface area contributed by atoms with Gasteiger partial charge in [-0.15, -0.1) is 11.3 Å². The van der Waals surface area contributed by atoms with E-state index in [1.54, 1.807) is 18.5 Å². The maximum atomic E-state index is 11.8. The van der Waals surface area contributed by atoms with Crippen LogP contribution in [0.3, 0.4) is 0 Å². The maximum absolute atomic E-state index is 11.8. The van der Waals surface area contributed by atoms with Crippen LogP contribution in [0.5, 0.6) is 5.88 Å². The van der Waals surface area contributed by atoms with Crippen LogP contribution in [-0.4, -0.2) is 20.9 Å². The number of ether oxygens (including phenoxy) is 1. The fourth-order valence-corrected chi connectivity index (χ4v) is 3.04. The molecule has 0 aliphatic heterocycles. The number of carbonyl (C=O) groups excluding carboxylic acids is 1. The molecule has 0 amide bonds. The minimum absolute atomic E-state index is 0.294. The van der Waals surface area contributed by atoms with E-state index >= 15 is 0 Å². The van der Waals surface area contributed by atoms with E-state index in [1.165, 1.54) is 11.3 Å². The van der Waals surface area contributed by atoms with Crippen LogP contribution in [0.15, 0.2) is 36.7 Å². The van der Waals surface area contributed by atoms with Crippen molar-refractivity contribution in [3.05, 3.63) is 41.0 Å². The summed E-state index contributed by atoms with van der Waals surface area (Å²) in [4.78, 5) is 24.4. The van der Waals surface area contributed by atoms with Crippen molar-refractivity contribution >= 4 is 28.9 Å². The topological polar surface area (TPSA) is 67.9 Å². The Morgan fingerprint density at radius 1 is 1.39 bits per heavy atom. The average Bonchev–Trinajstić information content (AvgIpc) is 3.15. The van der Waals surface area contributed by atoms with Crippen LogP contribution in [0, 0.1) is 0 Å². The standard InChI is InChI=1S/C16H14ClN3O2S/c1-2-4-13(21)22-16-14(10-5-3-8-18-9-10)19-15(20-16)11-6-7-12(17)23-11/h3,5-9H,2,4H2,1H3,(H,19,20). The zero-order valence-electron chi connectivity index (χ0n) is 12.4. The number of pyridine rings is 1. The van der Waals surface area contributed by atoms with E-state index in [4.69, 9.17) is 16.3 Å². The number of nitrogens with one attached hydrogen (secondary N) is 1. The molecule has 1 N–H and O–H groups in total. The van der Waals surface area contributed by atoms with Crippen molar-refractivity contribution in [2.45, 2.75) is 19.8 Å². The largest absolute Gasteiger partial charge is 0.407 e. The maximum Gasteiger partial charge on any atom is 0.312 e. The van der Waals surface area contributed by atoms with Gasteiger partial charge in [-0.3, -0.25) is 9.78 Å². The van der Waals surface area contributed by atoms with Crippen LogP contribution in [-0.2, 0) is 4.79 Å². The molecule has 0 saturated carbocycles. The number of thiophene rings is 1. The molecular formula is C16H14ClN3O2S. The number of rotatable bonds is 5. The van der Waals surface area contributed by atoms with Gasteiger partial charge in [-0.2, -0.15) is 0 Å². The summed E-state index contributed by atoms with van der Waals surface area (Å²) in [6, 6.07) is 7.35. The van der Waals surface area contributed by atoms with Gasteiger partial charge in [0.25, 0.3) is 0 Å². The van der Waals surface area contributed by atoms with Gasteiger partial charge in [-0.1, -0.05) is 18.5 Å². The predicted molar refractivity (Wildman–Crippen MR) is 90.7 cm³/mol. The molecule has 0 fully saturated rings. The molecule has 0 unspecified atom stereocenters. The first-order valence-corrected chi connectivity index (χ1v) is 8.33. The van der Waals surface area contributed by atoms with Crippen molar-refractivity contribution in [3.63, 3.8) is 0 Å². The normalized spacial score (nSPS) is 10.7. The lowest BCUT2D eigenvalue weighted by molar-refractivity contribution is -0.134. The monoisotopic (exact) mass is 347 g/mol. The molecule has 23 heavy (non-hydrogen) atoms. The molecule has 3 heterocycles. The van der Waals surface area contributed by atoms with Gasteiger partial charge in [-0.05, 0) is 30.7 Å². The van der Waals surface area contributed by atoms with E-state index in [-0.39, 0.29) is 5.97 Å². The third kappa shape index (κ3) is 3.60. The average molecular weight is 348 g/mol. The number of aromatic nitrogens is 3. The van der Waals surface area contributed by atoms with E-state index in [1.807, 2.05) is 25.1 Å². The summed E-state index contributed by atoms with van der Waals surface area (Å²) in [6.45, 7) is 1.93. The number of halogens is 1. The Hall–Kier alpha value is -2.18. The molecule has 7 heteroatoms. The Balaban J connectivity index is 2.01. The number of nitrogens with zero attached hydrogens (tertiary/aromatic N) is 2. The van der Waals surface area contributed by atoms with Gasteiger partial charge in [0.15, 0.2) is 5.82 Å². The molecule has 0 atom stereocenters. The minimum atomic E-state index is -0.294. The molecule has 118 valence electrons. The number of H-pyrrole nitrogens is 1. The number of carbonyl (C=O) groups is 1. The van der Waals surface area contributed by atoms with Crippen molar-refractivity contribution in [2.75, 3.05) is 0 Å². The van der Waals surface area contributed by atoms with Crippen LogP contribution < -0.4 is 4.74 Å². The van der Waals surface area contributed by atoms with Gasteiger partial charge in [0, 0.05) is 24.4 Å². The lowest BCUT2D eigenvalue weighted by atomic mass is 10.2. The molecular weight excluding hydrogens is 334 g/mol. The quantitative estimate of drug-likeness (QED) is 0.687. The van der Waals surface area contributed by atoms with E-state index < -0.39 is 0 Å². The smallest absolute Gasteiger partial charge is 0.312 e. The second-order valence-corrected chi connectivity index (χ2v) is 6.55. The van der Waals surface area contributed by atoms with Crippen LogP contribution in [0.1, 0.15) is 19.8 Å². The van der Waals surface area contributed by atoms with Gasteiger partial charge < -0.3 is 9.72 Å². The van der Waals surface area contributed by atoms with Crippen molar-refractivity contribution in [3.8, 4) is 27.8 Å². The molecule has 0 aliphatic carbocycles. The third-order valence-electron chi connectivity index (χ3n) is 3.08. The lowest BCUT2D eigenvalue weighted by Crippen LogP contribution is -2.07. The van der Waals surface area contributed by atoms with Crippen LogP contribution in [0.4, 0.5) is 0 Å². The number of hydrogen-bond donors (Lipinski definition) is 1. The Labute approximate surface area is 142 Å². The predicted octanol–water partition coefficient (Wildman–Crippen LogP) is 4.56. The van der Waals surface area contributed by atoms with E-state index in [0.29, 0.717) is 28.2 Å². The van der Waals surface area contributed by atoms with Gasteiger partial charge in [0.2, 0.25) is 5.88 Å². The zero-order chi connectivity index (χ0) is 16.2. The van der Waals surface area contributed by atoms with Gasteiger partial charge in [-0.25, -0.2) is 4.98 Å². The fourth-order valence-electron chi connectivity index (χ4n) is 2.06. The Morgan fingerprint density at radius 2 is 2.26 bits per heavy atom. The summed E-state index contributed by atoms with van der Waals surface area (Å²) < 4.78 is 6.11. The first-order chi connectivity index (χ1) is 11.2. The number of imidazole rings is 1. The minimum Gasteiger partial charge on any atom is -0.407 e.